The Morgan fingerprint density at radius 1 is 1.06 bits per heavy atom. The number of amides is 3. The van der Waals surface area contributed by atoms with E-state index in [0.29, 0.717) is 36.6 Å². The third-order valence-corrected chi connectivity index (χ3v) is 6.46. The van der Waals surface area contributed by atoms with E-state index in [2.05, 4.69) is 5.32 Å². The molecule has 0 saturated carbocycles. The third-order valence-electron chi connectivity index (χ3n) is 6.21. The van der Waals surface area contributed by atoms with Gasteiger partial charge in [-0.15, -0.1) is 0 Å². The van der Waals surface area contributed by atoms with E-state index in [0.717, 1.165) is 22.0 Å². The molecule has 1 aliphatic rings. The maximum Gasteiger partial charge on any atom is 0.258 e. The molecule has 3 aromatic rings. The van der Waals surface area contributed by atoms with Crippen LogP contribution in [0.5, 0.6) is 0 Å². The van der Waals surface area contributed by atoms with Crippen molar-refractivity contribution in [3.8, 4) is 0 Å². The Kier molecular flexibility index (Phi) is 7.17. The third kappa shape index (κ3) is 4.77. The van der Waals surface area contributed by atoms with Gasteiger partial charge in [-0.3, -0.25) is 14.4 Å². The molecular formula is C27H28ClN3O3. The van der Waals surface area contributed by atoms with Crippen molar-refractivity contribution in [2.24, 2.45) is 0 Å². The summed E-state index contributed by atoms with van der Waals surface area (Å²) >= 11 is 5.99. The highest BCUT2D eigenvalue weighted by Gasteiger charge is 2.30. The van der Waals surface area contributed by atoms with E-state index in [-0.39, 0.29) is 24.1 Å². The number of rotatable bonds is 9. The first-order chi connectivity index (χ1) is 16.4. The van der Waals surface area contributed by atoms with Crippen molar-refractivity contribution >= 4 is 45.8 Å². The average molecular weight is 478 g/mol. The summed E-state index contributed by atoms with van der Waals surface area (Å²) in [6, 6.07) is 18.3. The lowest BCUT2D eigenvalue weighted by atomic mass is 10.1. The minimum atomic E-state index is -0.616. The SMILES string of the molecule is CCNC(=O)[C@H](C)N(Cc1ccc(Cl)cc1)C(=O)CCCN1C(=O)c2cccc3cccc1c23. The molecule has 0 fully saturated rings. The lowest BCUT2D eigenvalue weighted by Gasteiger charge is -2.29. The quantitative estimate of drug-likeness (QED) is 0.482. The molecule has 1 atom stereocenters. The van der Waals surface area contributed by atoms with E-state index in [4.69, 9.17) is 11.6 Å². The minimum absolute atomic E-state index is 0.0343. The maximum atomic E-state index is 13.2. The van der Waals surface area contributed by atoms with E-state index in [1.807, 2.05) is 55.5 Å². The molecule has 6 nitrogen and oxygen atoms in total. The summed E-state index contributed by atoms with van der Waals surface area (Å²) in [6.07, 6.45) is 0.724. The summed E-state index contributed by atoms with van der Waals surface area (Å²) in [4.78, 5) is 42.1. The molecule has 4 rings (SSSR count). The number of hydrogen-bond donors (Lipinski definition) is 1. The number of nitrogens with zero attached hydrogens (tertiary/aromatic N) is 2. The Bertz CT molecular complexity index is 1220. The highest BCUT2D eigenvalue weighted by molar-refractivity contribution is 6.30. The zero-order chi connectivity index (χ0) is 24.2. The second-order valence-corrected chi connectivity index (χ2v) is 8.90. The first kappa shape index (κ1) is 23.8. The van der Waals surface area contributed by atoms with Gasteiger partial charge in [0.25, 0.3) is 5.91 Å². The van der Waals surface area contributed by atoms with Gasteiger partial charge in [0.15, 0.2) is 0 Å². The van der Waals surface area contributed by atoms with E-state index < -0.39 is 6.04 Å². The van der Waals surface area contributed by atoms with Crippen LogP contribution in [0, 0.1) is 0 Å². The van der Waals surface area contributed by atoms with E-state index in [1.165, 1.54) is 0 Å². The summed E-state index contributed by atoms with van der Waals surface area (Å²) in [5.41, 5.74) is 2.48. The van der Waals surface area contributed by atoms with Crippen LogP contribution < -0.4 is 10.2 Å². The first-order valence-electron chi connectivity index (χ1n) is 11.6. The first-order valence-corrected chi connectivity index (χ1v) is 11.9. The number of likely N-dealkylation sites (N-methyl/N-ethyl adjacent to an activating group) is 1. The Morgan fingerprint density at radius 3 is 2.47 bits per heavy atom. The summed E-state index contributed by atoms with van der Waals surface area (Å²) in [7, 11) is 0. The number of hydrogen-bond acceptors (Lipinski definition) is 3. The van der Waals surface area contributed by atoms with Gasteiger partial charge < -0.3 is 15.1 Å². The molecule has 176 valence electrons. The van der Waals surface area contributed by atoms with Crippen LogP contribution in [0.1, 0.15) is 42.6 Å². The molecule has 3 amide bonds. The zero-order valence-corrected chi connectivity index (χ0v) is 20.1. The summed E-state index contributed by atoms with van der Waals surface area (Å²) in [5.74, 6) is -0.356. The molecule has 1 aliphatic heterocycles. The molecule has 0 radical (unpaired) electrons. The van der Waals surface area contributed by atoms with Crippen LogP contribution in [0.2, 0.25) is 5.02 Å². The molecule has 0 saturated heterocycles. The fourth-order valence-corrected chi connectivity index (χ4v) is 4.55. The molecule has 1 N–H and O–H groups in total. The lowest BCUT2D eigenvalue weighted by Crippen LogP contribution is -2.47. The fourth-order valence-electron chi connectivity index (χ4n) is 4.42. The predicted molar refractivity (Wildman–Crippen MR) is 135 cm³/mol. The zero-order valence-electron chi connectivity index (χ0n) is 19.4. The lowest BCUT2D eigenvalue weighted by molar-refractivity contribution is -0.140. The van der Waals surface area contributed by atoms with Gasteiger partial charge in [-0.25, -0.2) is 0 Å². The largest absolute Gasteiger partial charge is 0.355 e. The van der Waals surface area contributed by atoms with Gasteiger partial charge in [-0.05, 0) is 55.5 Å². The molecule has 7 heteroatoms. The van der Waals surface area contributed by atoms with Crippen molar-refractivity contribution in [3.05, 3.63) is 76.8 Å². The van der Waals surface area contributed by atoms with Gasteiger partial charge in [0.05, 0.1) is 5.69 Å². The summed E-state index contributed by atoms with van der Waals surface area (Å²) in [5, 5.41) is 5.41. The molecule has 34 heavy (non-hydrogen) atoms. The van der Waals surface area contributed by atoms with Gasteiger partial charge in [0.2, 0.25) is 11.8 Å². The molecule has 0 aliphatic carbocycles. The van der Waals surface area contributed by atoms with Gasteiger partial charge in [0, 0.05) is 42.0 Å². The van der Waals surface area contributed by atoms with Crippen LogP contribution in [-0.2, 0) is 16.1 Å². The van der Waals surface area contributed by atoms with Crippen molar-refractivity contribution in [1.82, 2.24) is 10.2 Å². The smallest absolute Gasteiger partial charge is 0.258 e. The number of carbonyl (C=O) groups excluding carboxylic acids is 3. The van der Waals surface area contributed by atoms with E-state index >= 15 is 0 Å². The van der Waals surface area contributed by atoms with Crippen molar-refractivity contribution in [2.45, 2.75) is 39.3 Å². The van der Waals surface area contributed by atoms with Crippen LogP contribution in [0.15, 0.2) is 60.7 Å². The van der Waals surface area contributed by atoms with Crippen LogP contribution in [0.4, 0.5) is 5.69 Å². The van der Waals surface area contributed by atoms with Gasteiger partial charge in [-0.2, -0.15) is 0 Å². The number of anilines is 1. The second-order valence-electron chi connectivity index (χ2n) is 8.46. The predicted octanol–water partition coefficient (Wildman–Crippen LogP) is 4.79. The minimum Gasteiger partial charge on any atom is -0.355 e. The summed E-state index contributed by atoms with van der Waals surface area (Å²) < 4.78 is 0. The van der Waals surface area contributed by atoms with Crippen molar-refractivity contribution in [1.29, 1.82) is 0 Å². The fraction of sp³-hybridized carbons (Fsp3) is 0.296. The number of halogens is 1. The van der Waals surface area contributed by atoms with Crippen molar-refractivity contribution in [3.63, 3.8) is 0 Å². The van der Waals surface area contributed by atoms with Crippen molar-refractivity contribution < 1.29 is 14.4 Å². The van der Waals surface area contributed by atoms with Crippen LogP contribution in [0.3, 0.4) is 0 Å². The molecule has 1 heterocycles. The van der Waals surface area contributed by atoms with Gasteiger partial charge >= 0.3 is 0 Å². The highest BCUT2D eigenvalue weighted by Crippen LogP contribution is 2.37. The normalized spacial score (nSPS) is 13.3. The van der Waals surface area contributed by atoms with Gasteiger partial charge in [-0.1, -0.05) is 48.0 Å². The molecule has 0 aromatic heterocycles. The summed E-state index contributed by atoms with van der Waals surface area (Å²) in [6.45, 7) is 4.82. The van der Waals surface area contributed by atoms with Crippen molar-refractivity contribution in [2.75, 3.05) is 18.0 Å². The van der Waals surface area contributed by atoms with Crippen LogP contribution >= 0.6 is 11.6 Å². The molecule has 0 unspecified atom stereocenters. The Morgan fingerprint density at radius 2 is 1.76 bits per heavy atom. The van der Waals surface area contributed by atoms with E-state index in [1.54, 1.807) is 28.9 Å². The standard InChI is InChI=1S/C27H28ClN3O3/c1-3-29-26(33)18(2)31(17-19-12-14-21(28)15-13-19)24(32)11-6-16-30-23-10-5-8-20-7-4-9-22(25(20)23)27(30)34/h4-5,7-10,12-15,18H,3,6,11,16-17H2,1-2H3,(H,29,33)/t18-/m0/s1. The number of nitrogens with one attached hydrogen (secondary N) is 1. The monoisotopic (exact) mass is 477 g/mol. The average Bonchev–Trinajstić information content (AvgIpc) is 3.11. The molecule has 0 spiro atoms. The van der Waals surface area contributed by atoms with E-state index in [9.17, 15) is 14.4 Å². The topological polar surface area (TPSA) is 69.7 Å². The molecule has 3 aromatic carbocycles. The Hall–Kier alpha value is -3.38. The molecular weight excluding hydrogens is 450 g/mol. The Labute approximate surface area is 204 Å². The van der Waals surface area contributed by atoms with Crippen LogP contribution in [0.25, 0.3) is 10.8 Å². The number of carbonyl (C=O) groups is 3. The number of benzene rings is 3. The van der Waals surface area contributed by atoms with Crippen LogP contribution in [-0.4, -0.2) is 41.8 Å². The second kappa shape index (κ2) is 10.3. The molecule has 0 bridgehead atoms. The Balaban J connectivity index is 1.45. The maximum absolute atomic E-state index is 13.2. The van der Waals surface area contributed by atoms with Gasteiger partial charge in [0.1, 0.15) is 6.04 Å². The highest BCUT2D eigenvalue weighted by atomic mass is 35.5.